The van der Waals surface area contributed by atoms with Gasteiger partial charge in [-0.15, -0.1) is 0 Å². The Hall–Kier alpha value is -1.81. The molecule has 3 N–H and O–H groups in total. The molecule has 27 heavy (non-hydrogen) atoms. The number of primary amides is 1. The molecule has 3 fully saturated rings. The quantitative estimate of drug-likeness (QED) is 0.816. The van der Waals surface area contributed by atoms with E-state index in [-0.39, 0.29) is 0 Å². The predicted octanol–water partition coefficient (Wildman–Crippen LogP) is 4.25. The van der Waals surface area contributed by atoms with E-state index in [1.165, 1.54) is 44.1 Å². The van der Waals surface area contributed by atoms with E-state index in [0.29, 0.717) is 22.9 Å². The van der Waals surface area contributed by atoms with Gasteiger partial charge < -0.3 is 15.8 Å². The van der Waals surface area contributed by atoms with E-state index < -0.39 is 11.5 Å². The number of ether oxygens (including phenoxy) is 1. The lowest BCUT2D eigenvalue weighted by molar-refractivity contribution is -0.0441. The Bertz CT molecular complexity index is 745. The molecule has 3 aliphatic carbocycles. The van der Waals surface area contributed by atoms with E-state index >= 15 is 0 Å². The van der Waals surface area contributed by atoms with Gasteiger partial charge >= 0.3 is 0 Å². The van der Waals surface area contributed by atoms with Gasteiger partial charge in [0.25, 0.3) is 0 Å². The number of methoxy groups -OCH3 is 1. The van der Waals surface area contributed by atoms with E-state index in [1.807, 2.05) is 12.1 Å². The highest BCUT2D eigenvalue weighted by atomic mass is 16.5. The molecule has 1 aromatic carbocycles. The fraction of sp³-hybridized carbons (Fsp3) is 0.609. The largest absolute Gasteiger partial charge is 0.388 e. The van der Waals surface area contributed by atoms with E-state index in [4.69, 9.17) is 10.5 Å². The lowest BCUT2D eigenvalue weighted by Gasteiger charge is -2.54. The molecule has 1 aromatic rings. The predicted molar refractivity (Wildman–Crippen MR) is 107 cm³/mol. The number of carbonyl (C=O) groups excluding carboxylic acids is 1. The van der Waals surface area contributed by atoms with Crippen molar-refractivity contribution in [1.29, 1.82) is 0 Å². The summed E-state index contributed by atoms with van der Waals surface area (Å²) in [6, 6.07) is 8.26. The highest BCUT2D eigenvalue weighted by Crippen LogP contribution is 2.56. The van der Waals surface area contributed by atoms with Crippen molar-refractivity contribution in [1.82, 2.24) is 5.32 Å². The minimum Gasteiger partial charge on any atom is -0.388 e. The first-order valence-corrected chi connectivity index (χ1v) is 10.4. The summed E-state index contributed by atoms with van der Waals surface area (Å²) in [4.78, 5) is 11.7. The molecule has 4 nitrogen and oxygen atoms in total. The Morgan fingerprint density at radius 3 is 2.70 bits per heavy atom. The van der Waals surface area contributed by atoms with Crippen molar-refractivity contribution in [3.05, 3.63) is 47.2 Å². The molecule has 0 saturated heterocycles. The summed E-state index contributed by atoms with van der Waals surface area (Å²) in [6.45, 7) is 2.25. The number of rotatable bonds is 5. The molecule has 0 aliphatic heterocycles. The zero-order valence-corrected chi connectivity index (χ0v) is 16.6. The van der Waals surface area contributed by atoms with Crippen molar-refractivity contribution >= 4 is 5.91 Å². The average Bonchev–Trinajstić information content (AvgIpc) is 2.59. The summed E-state index contributed by atoms with van der Waals surface area (Å²) in [6.07, 6.45) is 12.4. The molecule has 1 amide bonds. The van der Waals surface area contributed by atoms with Gasteiger partial charge in [-0.05, 0) is 85.7 Å². The summed E-state index contributed by atoms with van der Waals surface area (Å²) in [7, 11) is 1.79. The molecule has 3 aliphatic rings. The van der Waals surface area contributed by atoms with Gasteiger partial charge in [-0.3, -0.25) is 4.79 Å². The maximum Gasteiger partial charge on any atom is 0.248 e. The van der Waals surface area contributed by atoms with Crippen molar-refractivity contribution in [3.8, 4) is 0 Å². The Kier molecular flexibility index (Phi) is 4.79. The summed E-state index contributed by atoms with van der Waals surface area (Å²) < 4.78 is 6.22. The molecule has 1 spiro atoms. The standard InChI is InChI=1S/C23H32N2O2/c1-16-6-3-9-19(15-25-20-13-22(14-20)10-5-11-22)23(16,27-2)18-8-4-7-17(12-18)21(24)26/h4,7-8,12,15-16,20,25H,3,5-6,9-11,13-14H2,1-2H3,(H2,24,26)/b19-15+. The minimum absolute atomic E-state index is 0.340. The molecule has 146 valence electrons. The van der Waals surface area contributed by atoms with Gasteiger partial charge in [-0.2, -0.15) is 0 Å². The Morgan fingerprint density at radius 2 is 2.07 bits per heavy atom. The van der Waals surface area contributed by atoms with Crippen LogP contribution in [-0.4, -0.2) is 19.1 Å². The molecule has 0 radical (unpaired) electrons. The number of hydrogen-bond donors (Lipinski definition) is 2. The highest BCUT2D eigenvalue weighted by molar-refractivity contribution is 5.93. The average molecular weight is 369 g/mol. The molecule has 0 bridgehead atoms. The fourth-order valence-electron chi connectivity index (χ4n) is 5.71. The first-order valence-electron chi connectivity index (χ1n) is 10.4. The molecule has 2 atom stereocenters. The summed E-state index contributed by atoms with van der Waals surface area (Å²) in [5, 5.41) is 3.70. The van der Waals surface area contributed by atoms with Crippen LogP contribution in [0.15, 0.2) is 36.0 Å². The molecule has 0 aromatic heterocycles. The van der Waals surface area contributed by atoms with Crippen LogP contribution in [0, 0.1) is 11.3 Å². The maximum absolute atomic E-state index is 11.7. The van der Waals surface area contributed by atoms with Gasteiger partial charge in [0, 0.05) is 18.7 Å². The zero-order valence-electron chi connectivity index (χ0n) is 16.6. The van der Waals surface area contributed by atoms with Crippen LogP contribution >= 0.6 is 0 Å². The molecule has 0 heterocycles. The SMILES string of the molecule is COC1(c2cccc(C(N)=O)c2)/C(=C/NC2CC3(CCC3)C2)CCCC1C. The second-order valence-electron chi connectivity index (χ2n) is 8.97. The molecular weight excluding hydrogens is 336 g/mol. The van der Waals surface area contributed by atoms with Gasteiger partial charge in [0.05, 0.1) is 0 Å². The van der Waals surface area contributed by atoms with Gasteiger partial charge in [-0.1, -0.05) is 25.5 Å². The molecule has 4 heteroatoms. The molecule has 2 unspecified atom stereocenters. The van der Waals surface area contributed by atoms with Gasteiger partial charge in [-0.25, -0.2) is 0 Å². The Balaban J connectivity index is 1.61. The van der Waals surface area contributed by atoms with Crippen molar-refractivity contribution in [2.75, 3.05) is 7.11 Å². The van der Waals surface area contributed by atoms with Crippen LogP contribution in [0.1, 0.15) is 74.2 Å². The third-order valence-electron chi connectivity index (χ3n) is 7.42. The van der Waals surface area contributed by atoms with E-state index in [9.17, 15) is 4.79 Å². The van der Waals surface area contributed by atoms with E-state index in [1.54, 1.807) is 13.2 Å². The summed E-state index contributed by atoms with van der Waals surface area (Å²) in [5.74, 6) is -0.0534. The first kappa shape index (κ1) is 18.5. The minimum atomic E-state index is -0.491. The number of carbonyl (C=O) groups is 1. The van der Waals surface area contributed by atoms with Crippen LogP contribution in [0.25, 0.3) is 0 Å². The molecule has 3 saturated carbocycles. The number of amides is 1. The Morgan fingerprint density at radius 1 is 1.30 bits per heavy atom. The first-order chi connectivity index (χ1) is 13.0. The molecule has 4 rings (SSSR count). The molecular formula is C23H32N2O2. The second-order valence-corrected chi connectivity index (χ2v) is 8.97. The number of nitrogens with one attached hydrogen (secondary N) is 1. The van der Waals surface area contributed by atoms with Gasteiger partial charge in [0.15, 0.2) is 0 Å². The van der Waals surface area contributed by atoms with Crippen molar-refractivity contribution in [2.45, 2.75) is 69.9 Å². The van der Waals surface area contributed by atoms with Crippen molar-refractivity contribution < 1.29 is 9.53 Å². The monoisotopic (exact) mass is 368 g/mol. The van der Waals surface area contributed by atoms with E-state index in [0.717, 1.165) is 18.4 Å². The van der Waals surface area contributed by atoms with Crippen LogP contribution in [0.4, 0.5) is 0 Å². The lowest BCUT2D eigenvalue weighted by atomic mass is 9.54. The normalized spacial score (nSPS) is 31.3. The van der Waals surface area contributed by atoms with Crippen LogP contribution in [0.2, 0.25) is 0 Å². The third-order valence-corrected chi connectivity index (χ3v) is 7.42. The number of benzene rings is 1. The van der Waals surface area contributed by atoms with E-state index in [2.05, 4.69) is 24.5 Å². The topological polar surface area (TPSA) is 64.3 Å². The van der Waals surface area contributed by atoms with Gasteiger partial charge in [0.2, 0.25) is 5.91 Å². The second kappa shape index (κ2) is 6.97. The Labute approximate surface area is 162 Å². The fourth-order valence-corrected chi connectivity index (χ4v) is 5.71. The number of nitrogens with two attached hydrogens (primary N) is 1. The lowest BCUT2D eigenvalue weighted by Crippen LogP contribution is -2.51. The smallest absolute Gasteiger partial charge is 0.248 e. The van der Waals surface area contributed by atoms with Crippen molar-refractivity contribution in [2.24, 2.45) is 17.1 Å². The zero-order chi connectivity index (χ0) is 19.1. The van der Waals surface area contributed by atoms with Crippen LogP contribution in [0.3, 0.4) is 0 Å². The van der Waals surface area contributed by atoms with Gasteiger partial charge in [0.1, 0.15) is 5.60 Å². The summed E-state index contributed by atoms with van der Waals surface area (Å²) in [5.41, 5.74) is 8.57. The number of hydrogen-bond acceptors (Lipinski definition) is 3. The van der Waals surface area contributed by atoms with Crippen LogP contribution in [-0.2, 0) is 10.3 Å². The summed E-state index contributed by atoms with van der Waals surface area (Å²) >= 11 is 0. The third kappa shape index (κ3) is 3.08. The van der Waals surface area contributed by atoms with Crippen molar-refractivity contribution in [3.63, 3.8) is 0 Å². The van der Waals surface area contributed by atoms with Crippen LogP contribution in [0.5, 0.6) is 0 Å². The van der Waals surface area contributed by atoms with Crippen LogP contribution < -0.4 is 11.1 Å². The highest BCUT2D eigenvalue weighted by Gasteiger charge is 2.48. The maximum atomic E-state index is 11.7.